The van der Waals surface area contributed by atoms with Crippen LogP contribution in [0.15, 0.2) is 12.3 Å². The van der Waals surface area contributed by atoms with Gasteiger partial charge in [-0.25, -0.2) is 4.98 Å². The summed E-state index contributed by atoms with van der Waals surface area (Å²) in [5, 5.41) is 11.6. The van der Waals surface area contributed by atoms with E-state index in [1.807, 2.05) is 20.8 Å². The lowest BCUT2D eigenvalue weighted by molar-refractivity contribution is -0.138. The predicted molar refractivity (Wildman–Crippen MR) is 57.3 cm³/mol. The first-order valence-electron chi connectivity index (χ1n) is 4.89. The average molecular weight is 243 g/mol. The van der Waals surface area contributed by atoms with Gasteiger partial charge in [0.05, 0.1) is 17.2 Å². The third kappa shape index (κ3) is 3.63. The van der Waals surface area contributed by atoms with Crippen molar-refractivity contribution in [3.63, 3.8) is 0 Å². The standard InChI is InChI=1S/C11H12F3N3/c1-10(2,3)17-9-4-7(5-15)8(6-16-9)11(12,13)14/h4,6H,1-3H3,(H,16,17). The Bertz CT molecular complexity index is 453. The van der Waals surface area contributed by atoms with E-state index < -0.39 is 17.3 Å². The minimum Gasteiger partial charge on any atom is -0.365 e. The molecule has 0 aliphatic heterocycles. The lowest BCUT2D eigenvalue weighted by Gasteiger charge is -2.21. The van der Waals surface area contributed by atoms with Crippen molar-refractivity contribution in [1.82, 2.24) is 4.98 Å². The highest BCUT2D eigenvalue weighted by Crippen LogP contribution is 2.32. The molecule has 0 radical (unpaired) electrons. The molecule has 0 aromatic carbocycles. The molecule has 0 aliphatic carbocycles. The molecule has 1 aromatic heterocycles. The van der Waals surface area contributed by atoms with Crippen LogP contribution in [-0.2, 0) is 6.18 Å². The summed E-state index contributed by atoms with van der Waals surface area (Å²) in [5.74, 6) is 0.252. The minimum atomic E-state index is -4.56. The molecule has 0 aliphatic rings. The first-order chi connectivity index (χ1) is 7.63. The summed E-state index contributed by atoms with van der Waals surface area (Å²) in [7, 11) is 0. The van der Waals surface area contributed by atoms with Crippen LogP contribution < -0.4 is 5.32 Å². The maximum Gasteiger partial charge on any atom is 0.419 e. The van der Waals surface area contributed by atoms with E-state index in [2.05, 4.69) is 10.3 Å². The smallest absolute Gasteiger partial charge is 0.365 e. The van der Waals surface area contributed by atoms with Crippen molar-refractivity contribution < 1.29 is 13.2 Å². The molecule has 0 fully saturated rings. The number of nitrogens with one attached hydrogen (secondary N) is 1. The number of aromatic nitrogens is 1. The van der Waals surface area contributed by atoms with E-state index in [1.165, 1.54) is 6.07 Å². The molecule has 1 N–H and O–H groups in total. The number of rotatable bonds is 1. The Morgan fingerprint density at radius 2 is 1.88 bits per heavy atom. The third-order valence-electron chi connectivity index (χ3n) is 1.83. The lowest BCUT2D eigenvalue weighted by Crippen LogP contribution is -2.27. The molecule has 3 nitrogen and oxygen atoms in total. The monoisotopic (exact) mass is 243 g/mol. The highest BCUT2D eigenvalue weighted by atomic mass is 19.4. The minimum absolute atomic E-state index is 0.252. The molecule has 1 aromatic rings. The van der Waals surface area contributed by atoms with Crippen LogP contribution in [0.5, 0.6) is 0 Å². The number of alkyl halides is 3. The van der Waals surface area contributed by atoms with Crippen LogP contribution >= 0.6 is 0 Å². The van der Waals surface area contributed by atoms with Crippen LogP contribution in [-0.4, -0.2) is 10.5 Å². The van der Waals surface area contributed by atoms with Crippen molar-refractivity contribution in [2.75, 3.05) is 5.32 Å². The van der Waals surface area contributed by atoms with Gasteiger partial charge in [-0.1, -0.05) is 0 Å². The quantitative estimate of drug-likeness (QED) is 0.824. The van der Waals surface area contributed by atoms with E-state index in [9.17, 15) is 13.2 Å². The van der Waals surface area contributed by atoms with E-state index in [-0.39, 0.29) is 11.4 Å². The Labute approximate surface area is 97.3 Å². The van der Waals surface area contributed by atoms with Gasteiger partial charge in [0.1, 0.15) is 5.82 Å². The highest BCUT2D eigenvalue weighted by Gasteiger charge is 2.34. The second-order valence-corrected chi connectivity index (χ2v) is 4.60. The topological polar surface area (TPSA) is 48.7 Å². The van der Waals surface area contributed by atoms with Crippen molar-refractivity contribution in [2.45, 2.75) is 32.5 Å². The number of pyridine rings is 1. The molecule has 1 rings (SSSR count). The number of hydrogen-bond donors (Lipinski definition) is 1. The van der Waals surface area contributed by atoms with Crippen LogP contribution in [0.1, 0.15) is 31.9 Å². The van der Waals surface area contributed by atoms with Gasteiger partial charge in [0.15, 0.2) is 0 Å². The zero-order chi connectivity index (χ0) is 13.3. The van der Waals surface area contributed by atoms with Gasteiger partial charge in [0.2, 0.25) is 0 Å². The van der Waals surface area contributed by atoms with E-state index in [1.54, 1.807) is 0 Å². The maximum absolute atomic E-state index is 12.5. The van der Waals surface area contributed by atoms with E-state index in [0.717, 1.165) is 6.07 Å². The fraction of sp³-hybridized carbons (Fsp3) is 0.455. The number of nitriles is 1. The zero-order valence-electron chi connectivity index (χ0n) is 9.68. The normalized spacial score (nSPS) is 12.1. The second kappa shape index (κ2) is 4.24. The molecular weight excluding hydrogens is 231 g/mol. The van der Waals surface area contributed by atoms with E-state index in [4.69, 9.17) is 5.26 Å². The fourth-order valence-corrected chi connectivity index (χ4v) is 1.23. The first kappa shape index (κ1) is 13.3. The molecule has 92 valence electrons. The van der Waals surface area contributed by atoms with Gasteiger partial charge in [0, 0.05) is 11.7 Å². The number of anilines is 1. The van der Waals surface area contributed by atoms with Crippen molar-refractivity contribution in [1.29, 1.82) is 5.26 Å². The van der Waals surface area contributed by atoms with Crippen molar-refractivity contribution >= 4 is 5.82 Å². The van der Waals surface area contributed by atoms with Crippen LogP contribution in [0.4, 0.5) is 19.0 Å². The van der Waals surface area contributed by atoms with Crippen molar-refractivity contribution in [2.24, 2.45) is 0 Å². The van der Waals surface area contributed by atoms with Crippen molar-refractivity contribution in [3.05, 3.63) is 23.4 Å². The second-order valence-electron chi connectivity index (χ2n) is 4.60. The molecule has 0 unspecified atom stereocenters. The fourth-order valence-electron chi connectivity index (χ4n) is 1.23. The number of halogens is 3. The van der Waals surface area contributed by atoms with Gasteiger partial charge >= 0.3 is 6.18 Å². The van der Waals surface area contributed by atoms with E-state index >= 15 is 0 Å². The van der Waals surface area contributed by atoms with Gasteiger partial charge in [-0.2, -0.15) is 18.4 Å². The third-order valence-corrected chi connectivity index (χ3v) is 1.83. The maximum atomic E-state index is 12.5. The molecule has 0 bridgehead atoms. The molecular formula is C11H12F3N3. The van der Waals surface area contributed by atoms with Gasteiger partial charge in [0.25, 0.3) is 0 Å². The van der Waals surface area contributed by atoms with Crippen LogP contribution in [0, 0.1) is 11.3 Å². The Hall–Kier alpha value is -1.77. The molecule has 0 saturated heterocycles. The van der Waals surface area contributed by atoms with Crippen molar-refractivity contribution in [3.8, 4) is 6.07 Å². The molecule has 6 heteroatoms. The summed E-state index contributed by atoms with van der Waals surface area (Å²) in [4.78, 5) is 3.66. The van der Waals surface area contributed by atoms with Crippen LogP contribution in [0.3, 0.4) is 0 Å². The Balaban J connectivity index is 3.15. The zero-order valence-corrected chi connectivity index (χ0v) is 9.68. The average Bonchev–Trinajstić information content (AvgIpc) is 2.13. The highest BCUT2D eigenvalue weighted by molar-refractivity contribution is 5.48. The molecule has 0 atom stereocenters. The summed E-state index contributed by atoms with van der Waals surface area (Å²) >= 11 is 0. The summed E-state index contributed by atoms with van der Waals surface area (Å²) in [6.45, 7) is 5.54. The number of hydrogen-bond acceptors (Lipinski definition) is 3. The first-order valence-corrected chi connectivity index (χ1v) is 4.89. The summed E-state index contributed by atoms with van der Waals surface area (Å²) in [6, 6.07) is 2.63. The van der Waals surface area contributed by atoms with Gasteiger partial charge in [-0.15, -0.1) is 0 Å². The Morgan fingerprint density at radius 3 is 2.29 bits per heavy atom. The Morgan fingerprint density at radius 1 is 1.29 bits per heavy atom. The SMILES string of the molecule is CC(C)(C)Nc1cc(C#N)c(C(F)(F)F)cn1. The molecule has 1 heterocycles. The molecule has 17 heavy (non-hydrogen) atoms. The predicted octanol–water partition coefficient (Wildman–Crippen LogP) is 3.18. The van der Waals surface area contributed by atoms with Gasteiger partial charge < -0.3 is 5.32 Å². The molecule has 0 saturated carbocycles. The largest absolute Gasteiger partial charge is 0.419 e. The van der Waals surface area contributed by atoms with Crippen LogP contribution in [0.2, 0.25) is 0 Å². The summed E-state index contributed by atoms with van der Waals surface area (Å²) in [6.07, 6.45) is -3.88. The molecule has 0 amide bonds. The van der Waals surface area contributed by atoms with Gasteiger partial charge in [-0.05, 0) is 26.8 Å². The lowest BCUT2D eigenvalue weighted by atomic mass is 10.1. The summed E-state index contributed by atoms with van der Waals surface area (Å²) in [5.41, 5.74) is -1.78. The van der Waals surface area contributed by atoms with Crippen LogP contribution in [0.25, 0.3) is 0 Å². The Kier molecular flexibility index (Phi) is 3.32. The van der Waals surface area contributed by atoms with Gasteiger partial charge in [-0.3, -0.25) is 0 Å². The number of nitrogens with zero attached hydrogens (tertiary/aromatic N) is 2. The molecule has 0 spiro atoms. The summed E-state index contributed by atoms with van der Waals surface area (Å²) < 4.78 is 37.5. The van der Waals surface area contributed by atoms with E-state index in [0.29, 0.717) is 6.20 Å².